The fourth-order valence-electron chi connectivity index (χ4n) is 5.33. The summed E-state index contributed by atoms with van der Waals surface area (Å²) in [6.45, 7) is 4.21. The number of hydrogen-bond donors (Lipinski definition) is 4. The lowest BCUT2D eigenvalue weighted by Crippen LogP contribution is -2.54. The molecule has 1 unspecified atom stereocenters. The Bertz CT molecular complexity index is 2320. The smallest absolute Gasteiger partial charge is 0.407 e. The molecule has 0 radical (unpaired) electrons. The predicted molar refractivity (Wildman–Crippen MR) is 219 cm³/mol. The minimum Gasteiger partial charge on any atom is -0.465 e. The largest absolute Gasteiger partial charge is 0.465 e. The Morgan fingerprint density at radius 2 is 1.08 bits per heavy atom. The van der Waals surface area contributed by atoms with Crippen LogP contribution in [0, 0.1) is 0 Å². The van der Waals surface area contributed by atoms with Gasteiger partial charge in [-0.15, -0.1) is 9.46 Å². The summed E-state index contributed by atoms with van der Waals surface area (Å²) >= 11 is 0. The summed E-state index contributed by atoms with van der Waals surface area (Å²) in [5.74, 6) is -4.78. The molecule has 330 valence electrons. The molecule has 0 aliphatic carbocycles. The zero-order valence-electron chi connectivity index (χ0n) is 34.7. The van der Waals surface area contributed by atoms with E-state index in [4.69, 9.17) is 28.6 Å². The van der Waals surface area contributed by atoms with Crippen molar-refractivity contribution >= 4 is 35.8 Å². The maximum Gasteiger partial charge on any atom is 0.407 e. The number of alkyl carbamates (subject to hydrolysis) is 1. The lowest BCUT2D eigenvalue weighted by molar-refractivity contribution is -0.123. The number of aromatic nitrogens is 2. The summed E-state index contributed by atoms with van der Waals surface area (Å²) in [4.78, 5) is 116. The van der Waals surface area contributed by atoms with Crippen LogP contribution in [0.5, 0.6) is 0 Å². The molecule has 0 fully saturated rings. The molecule has 4 rings (SSSR count). The number of benzene rings is 2. The van der Waals surface area contributed by atoms with Gasteiger partial charge in [0, 0.05) is 19.6 Å². The molecule has 2 aromatic carbocycles. The van der Waals surface area contributed by atoms with E-state index in [1.54, 1.807) is 81.4 Å². The van der Waals surface area contributed by atoms with E-state index in [0.29, 0.717) is 20.6 Å². The number of nitrogens with one attached hydrogen (secondary N) is 4. The quantitative estimate of drug-likeness (QED) is 0.0551. The Kier molecular flexibility index (Phi) is 17.3. The number of esters is 2. The first-order chi connectivity index (χ1) is 29.6. The number of ether oxygens (including phenoxy) is 4. The molecule has 4 N–H and O–H groups in total. The van der Waals surface area contributed by atoms with Gasteiger partial charge >= 0.3 is 18.0 Å². The first-order valence-corrected chi connectivity index (χ1v) is 19.1. The summed E-state index contributed by atoms with van der Waals surface area (Å²) in [6, 6.07) is 20.1. The Hall–Kier alpha value is -7.48. The van der Waals surface area contributed by atoms with Crippen molar-refractivity contribution in [2.75, 3.05) is 47.1 Å². The van der Waals surface area contributed by atoms with Gasteiger partial charge < -0.3 is 49.9 Å². The van der Waals surface area contributed by atoms with Crippen LogP contribution in [0.25, 0.3) is 0 Å². The maximum atomic E-state index is 13.9. The average Bonchev–Trinajstić information content (AvgIpc) is 3.25. The zero-order valence-corrected chi connectivity index (χ0v) is 34.7. The molecule has 0 aliphatic rings. The molecule has 0 spiro atoms. The number of hydrogen-bond acceptors (Lipinski definition) is 14. The van der Waals surface area contributed by atoms with Gasteiger partial charge in [-0.3, -0.25) is 24.0 Å². The average molecular weight is 861 g/mol. The SMILES string of the molecule is COC(=O)c1ccc(C(=O)NCC(NC(=O)c2ccc(C(=O)OC)c(=O)n2OCc2ccccc2)C(=O)NCCOCCNC(=O)OC(C)(C)C)n(OCc2ccccc2)c1=O. The van der Waals surface area contributed by atoms with Gasteiger partial charge in [-0.1, -0.05) is 60.7 Å². The van der Waals surface area contributed by atoms with E-state index in [2.05, 4.69) is 21.3 Å². The topological polar surface area (TPSA) is 250 Å². The third-order valence-electron chi connectivity index (χ3n) is 8.31. The van der Waals surface area contributed by atoms with Crippen molar-refractivity contribution in [1.29, 1.82) is 0 Å². The standard InChI is InChI=1S/C42H48N6O14/c1-42(2,3)62-41(56)44-21-23-59-22-20-43-34(49)31(46-36(51)33-19-17-30(40(55)58-5)38(53)48(33)61-26-28-14-10-7-11-15-28)24-45-35(50)32-18-16-29(39(54)57-4)37(52)47(32)60-25-27-12-8-6-9-13-27/h6-19,31H,20-26H2,1-5H3,(H,43,49)(H,44,56)(H,45,50)(H,46,51). The Morgan fingerprint density at radius 3 is 1.55 bits per heavy atom. The normalized spacial score (nSPS) is 11.3. The molecule has 4 amide bonds. The van der Waals surface area contributed by atoms with Gasteiger partial charge in [0.1, 0.15) is 47.4 Å². The summed E-state index contributed by atoms with van der Waals surface area (Å²) in [5, 5.41) is 10.1. The van der Waals surface area contributed by atoms with Crippen LogP contribution in [0.3, 0.4) is 0 Å². The van der Waals surface area contributed by atoms with Crippen molar-refractivity contribution in [3.63, 3.8) is 0 Å². The van der Waals surface area contributed by atoms with Gasteiger partial charge in [0.15, 0.2) is 0 Å². The van der Waals surface area contributed by atoms with Gasteiger partial charge in [0.05, 0.1) is 27.4 Å². The summed E-state index contributed by atoms with van der Waals surface area (Å²) < 4.78 is 21.3. The lowest BCUT2D eigenvalue weighted by Gasteiger charge is -2.21. The first kappa shape index (κ1) is 47.2. The summed E-state index contributed by atoms with van der Waals surface area (Å²) in [7, 11) is 2.15. The molecular formula is C42H48N6O14. The van der Waals surface area contributed by atoms with Gasteiger partial charge in [-0.25, -0.2) is 14.4 Å². The summed E-state index contributed by atoms with van der Waals surface area (Å²) in [5.41, 5.74) is -3.16. The van der Waals surface area contributed by atoms with E-state index >= 15 is 0 Å². The molecule has 4 aromatic rings. The highest BCUT2D eigenvalue weighted by molar-refractivity contribution is 5.98. The van der Waals surface area contributed by atoms with Crippen LogP contribution in [0.2, 0.25) is 0 Å². The zero-order chi connectivity index (χ0) is 45.2. The fraction of sp³-hybridized carbons (Fsp3) is 0.333. The number of amides is 4. The van der Waals surface area contributed by atoms with Gasteiger partial charge in [-0.2, -0.15) is 0 Å². The third kappa shape index (κ3) is 13.8. The molecule has 0 saturated heterocycles. The second-order valence-corrected chi connectivity index (χ2v) is 14.0. The Labute approximate surface area is 355 Å². The number of rotatable bonds is 20. The molecule has 0 bridgehead atoms. The number of pyridine rings is 2. The minimum atomic E-state index is -1.56. The number of methoxy groups -OCH3 is 2. The van der Waals surface area contributed by atoms with Crippen molar-refractivity contribution in [3.05, 3.63) is 139 Å². The van der Waals surface area contributed by atoms with Gasteiger partial charge in [0.25, 0.3) is 22.9 Å². The molecule has 62 heavy (non-hydrogen) atoms. The van der Waals surface area contributed by atoms with Crippen LogP contribution in [0.1, 0.15) is 73.6 Å². The van der Waals surface area contributed by atoms with Crippen LogP contribution >= 0.6 is 0 Å². The summed E-state index contributed by atoms with van der Waals surface area (Å²) in [6.07, 6.45) is -0.634. The highest BCUT2D eigenvalue weighted by Crippen LogP contribution is 2.08. The number of carbonyl (C=O) groups is 6. The Morgan fingerprint density at radius 1 is 0.613 bits per heavy atom. The highest BCUT2D eigenvalue weighted by atomic mass is 16.7. The fourth-order valence-corrected chi connectivity index (χ4v) is 5.33. The second kappa shape index (κ2) is 22.8. The molecule has 0 saturated carbocycles. The molecule has 2 heterocycles. The van der Waals surface area contributed by atoms with Crippen molar-refractivity contribution < 1.29 is 57.4 Å². The molecule has 1 atom stereocenters. The van der Waals surface area contributed by atoms with Crippen LogP contribution in [0.4, 0.5) is 4.79 Å². The van der Waals surface area contributed by atoms with E-state index < -0.39 is 81.9 Å². The molecular weight excluding hydrogens is 812 g/mol. The van der Waals surface area contributed by atoms with Gasteiger partial charge in [0.2, 0.25) is 5.91 Å². The third-order valence-corrected chi connectivity index (χ3v) is 8.31. The molecule has 20 nitrogen and oxygen atoms in total. The number of carbonyl (C=O) groups excluding carboxylic acids is 6. The van der Waals surface area contributed by atoms with Gasteiger partial charge in [-0.05, 0) is 56.2 Å². The van der Waals surface area contributed by atoms with Crippen molar-refractivity contribution in [3.8, 4) is 0 Å². The van der Waals surface area contributed by atoms with E-state index in [1.165, 1.54) is 0 Å². The maximum absolute atomic E-state index is 13.9. The lowest BCUT2D eigenvalue weighted by atomic mass is 10.2. The van der Waals surface area contributed by atoms with E-state index in [-0.39, 0.29) is 45.2 Å². The first-order valence-electron chi connectivity index (χ1n) is 19.1. The van der Waals surface area contributed by atoms with Crippen molar-refractivity contribution in [2.24, 2.45) is 0 Å². The van der Waals surface area contributed by atoms with E-state index in [9.17, 15) is 38.4 Å². The van der Waals surface area contributed by atoms with E-state index in [1.807, 2.05) is 0 Å². The van der Waals surface area contributed by atoms with Crippen molar-refractivity contribution in [1.82, 2.24) is 30.7 Å². The number of nitrogens with zero attached hydrogens (tertiary/aromatic N) is 2. The minimum absolute atomic E-state index is 0.0335. The van der Waals surface area contributed by atoms with E-state index in [0.717, 1.165) is 38.5 Å². The molecule has 0 aliphatic heterocycles. The molecule has 2 aromatic heterocycles. The van der Waals surface area contributed by atoms with Crippen LogP contribution in [0.15, 0.2) is 94.5 Å². The van der Waals surface area contributed by atoms with Crippen LogP contribution in [-0.2, 0) is 37.0 Å². The monoisotopic (exact) mass is 860 g/mol. The molecule has 20 heteroatoms. The predicted octanol–water partition coefficient (Wildman–Crippen LogP) is 1.03. The Balaban J connectivity index is 1.57. The van der Waals surface area contributed by atoms with Crippen LogP contribution < -0.4 is 42.1 Å². The van der Waals surface area contributed by atoms with Crippen LogP contribution in [-0.4, -0.2) is 104 Å². The highest BCUT2D eigenvalue weighted by Gasteiger charge is 2.28. The second-order valence-electron chi connectivity index (χ2n) is 14.0. The van der Waals surface area contributed by atoms with Crippen molar-refractivity contribution in [2.45, 2.75) is 45.6 Å².